The van der Waals surface area contributed by atoms with E-state index in [1.165, 1.54) is 0 Å². The third-order valence-corrected chi connectivity index (χ3v) is 1.89. The molecule has 0 heterocycles. The average Bonchev–Trinajstić information content (AvgIpc) is 2.30. The van der Waals surface area contributed by atoms with Gasteiger partial charge in [-0.05, 0) is 26.2 Å². The lowest BCUT2D eigenvalue weighted by molar-refractivity contribution is 0.218. The summed E-state index contributed by atoms with van der Waals surface area (Å²) in [5.41, 5.74) is 0.732. The summed E-state index contributed by atoms with van der Waals surface area (Å²) in [6.07, 6.45) is 5.85. The van der Waals surface area contributed by atoms with Gasteiger partial charge in [0.05, 0.1) is 18.1 Å². The van der Waals surface area contributed by atoms with Gasteiger partial charge < -0.3 is 9.94 Å². The maximum absolute atomic E-state index is 8.59. The highest BCUT2D eigenvalue weighted by molar-refractivity contribution is 5.95. The zero-order chi connectivity index (χ0) is 8.81. The second kappa shape index (κ2) is 4.80. The zero-order valence-corrected chi connectivity index (χ0v) is 7.42. The van der Waals surface area contributed by atoms with E-state index in [1.54, 1.807) is 0 Å². The third kappa shape index (κ3) is 2.57. The van der Waals surface area contributed by atoms with Gasteiger partial charge in [0.25, 0.3) is 0 Å². The van der Waals surface area contributed by atoms with Crippen molar-refractivity contribution < 1.29 is 9.94 Å². The first-order valence-corrected chi connectivity index (χ1v) is 4.41. The van der Waals surface area contributed by atoms with E-state index >= 15 is 0 Å². The Kier molecular flexibility index (Phi) is 3.64. The van der Waals surface area contributed by atoms with Crippen molar-refractivity contribution in [2.75, 3.05) is 6.61 Å². The first-order valence-electron chi connectivity index (χ1n) is 4.41. The summed E-state index contributed by atoms with van der Waals surface area (Å²) in [4.78, 5) is 0. The molecule has 0 spiro atoms. The van der Waals surface area contributed by atoms with E-state index in [2.05, 4.69) is 5.16 Å². The molecule has 0 aliphatic heterocycles. The van der Waals surface area contributed by atoms with Crippen LogP contribution in [0, 0.1) is 0 Å². The minimum atomic E-state index is 0.685. The first-order chi connectivity index (χ1) is 5.86. The molecule has 0 saturated heterocycles. The maximum atomic E-state index is 8.59. The number of allylic oxidation sites excluding steroid dienone is 2. The lowest BCUT2D eigenvalue weighted by Crippen LogP contribution is -1.95. The largest absolute Gasteiger partial charge is 0.498 e. The molecule has 1 aliphatic carbocycles. The third-order valence-electron chi connectivity index (χ3n) is 1.89. The molecule has 1 N–H and O–H groups in total. The van der Waals surface area contributed by atoms with Crippen LogP contribution in [0.25, 0.3) is 0 Å². The summed E-state index contributed by atoms with van der Waals surface area (Å²) in [6.45, 7) is 2.64. The van der Waals surface area contributed by atoms with Crippen molar-refractivity contribution >= 4 is 5.71 Å². The van der Waals surface area contributed by atoms with Crippen molar-refractivity contribution in [3.05, 3.63) is 11.8 Å². The SMILES string of the molecule is CCOC1=C/C(=N/O)CCCC1. The van der Waals surface area contributed by atoms with Gasteiger partial charge in [-0.1, -0.05) is 5.16 Å². The van der Waals surface area contributed by atoms with E-state index in [0.29, 0.717) is 6.61 Å². The van der Waals surface area contributed by atoms with Gasteiger partial charge in [-0.2, -0.15) is 0 Å². The van der Waals surface area contributed by atoms with Crippen LogP contribution in [0.4, 0.5) is 0 Å². The van der Waals surface area contributed by atoms with Crippen LogP contribution < -0.4 is 0 Å². The molecule has 3 heteroatoms. The Morgan fingerprint density at radius 1 is 1.50 bits per heavy atom. The van der Waals surface area contributed by atoms with Gasteiger partial charge in [-0.3, -0.25) is 0 Å². The van der Waals surface area contributed by atoms with Crippen LogP contribution in [0.2, 0.25) is 0 Å². The Morgan fingerprint density at radius 2 is 2.25 bits per heavy atom. The van der Waals surface area contributed by atoms with Gasteiger partial charge in [0.1, 0.15) is 0 Å². The molecule has 0 radical (unpaired) electrons. The van der Waals surface area contributed by atoms with E-state index in [9.17, 15) is 0 Å². The molecule has 0 aromatic carbocycles. The van der Waals surface area contributed by atoms with E-state index in [-0.39, 0.29) is 0 Å². The summed E-state index contributed by atoms with van der Waals surface area (Å²) in [7, 11) is 0. The van der Waals surface area contributed by atoms with Crippen molar-refractivity contribution in [3.63, 3.8) is 0 Å². The van der Waals surface area contributed by atoms with Gasteiger partial charge in [0, 0.05) is 12.5 Å². The van der Waals surface area contributed by atoms with Crippen LogP contribution >= 0.6 is 0 Å². The minimum Gasteiger partial charge on any atom is -0.498 e. The van der Waals surface area contributed by atoms with Gasteiger partial charge in [-0.15, -0.1) is 0 Å². The summed E-state index contributed by atoms with van der Waals surface area (Å²) >= 11 is 0. The minimum absolute atomic E-state index is 0.685. The lowest BCUT2D eigenvalue weighted by Gasteiger charge is -2.04. The molecule has 0 aromatic rings. The maximum Gasteiger partial charge on any atom is 0.0978 e. The zero-order valence-electron chi connectivity index (χ0n) is 7.42. The molecule has 12 heavy (non-hydrogen) atoms. The number of hydrogen-bond acceptors (Lipinski definition) is 3. The molecule has 3 nitrogen and oxygen atoms in total. The molecule has 68 valence electrons. The van der Waals surface area contributed by atoms with Crippen LogP contribution in [0.5, 0.6) is 0 Å². The fourth-order valence-corrected chi connectivity index (χ4v) is 1.31. The molecule has 1 rings (SSSR count). The van der Waals surface area contributed by atoms with Gasteiger partial charge in [-0.25, -0.2) is 0 Å². The predicted molar refractivity (Wildman–Crippen MR) is 47.4 cm³/mol. The smallest absolute Gasteiger partial charge is 0.0978 e. The Bertz CT molecular complexity index is 197. The average molecular weight is 169 g/mol. The quantitative estimate of drug-likeness (QED) is 0.509. The Morgan fingerprint density at radius 3 is 2.92 bits per heavy atom. The highest BCUT2D eigenvalue weighted by atomic mass is 16.5. The number of ether oxygens (including phenoxy) is 1. The van der Waals surface area contributed by atoms with Gasteiger partial charge >= 0.3 is 0 Å². The molecule has 0 unspecified atom stereocenters. The monoisotopic (exact) mass is 169 g/mol. The van der Waals surface area contributed by atoms with Crippen LogP contribution in [-0.4, -0.2) is 17.5 Å². The summed E-state index contributed by atoms with van der Waals surface area (Å²) in [5, 5.41) is 11.8. The van der Waals surface area contributed by atoms with Crippen molar-refractivity contribution in [2.24, 2.45) is 5.16 Å². The van der Waals surface area contributed by atoms with E-state index < -0.39 is 0 Å². The van der Waals surface area contributed by atoms with Crippen LogP contribution in [-0.2, 0) is 4.74 Å². The normalized spacial score (nSPS) is 21.8. The number of hydrogen-bond donors (Lipinski definition) is 1. The summed E-state index contributed by atoms with van der Waals surface area (Å²) < 4.78 is 5.36. The standard InChI is InChI=1S/C9H15NO2/c1-2-12-9-6-4-3-5-8(7-9)10-11/h7,11H,2-6H2,1H3/b10-8+. The molecule has 0 bridgehead atoms. The van der Waals surface area contributed by atoms with Crippen LogP contribution in [0.3, 0.4) is 0 Å². The highest BCUT2D eigenvalue weighted by Gasteiger charge is 2.07. The molecule has 0 amide bonds. The van der Waals surface area contributed by atoms with Crippen molar-refractivity contribution in [1.82, 2.24) is 0 Å². The van der Waals surface area contributed by atoms with Crippen molar-refractivity contribution in [3.8, 4) is 0 Å². The lowest BCUT2D eigenvalue weighted by atomic mass is 10.2. The molecular formula is C9H15NO2. The predicted octanol–water partition coefficient (Wildman–Crippen LogP) is 2.31. The van der Waals surface area contributed by atoms with Gasteiger partial charge in [0.15, 0.2) is 0 Å². The number of nitrogens with zero attached hydrogens (tertiary/aromatic N) is 1. The highest BCUT2D eigenvalue weighted by Crippen LogP contribution is 2.16. The molecule has 0 saturated carbocycles. The van der Waals surface area contributed by atoms with Gasteiger partial charge in [0.2, 0.25) is 0 Å². The molecular weight excluding hydrogens is 154 g/mol. The second-order valence-corrected chi connectivity index (χ2v) is 2.84. The van der Waals surface area contributed by atoms with Crippen molar-refractivity contribution in [1.29, 1.82) is 0 Å². The first kappa shape index (κ1) is 9.10. The Hall–Kier alpha value is -0.990. The van der Waals surface area contributed by atoms with Crippen molar-refractivity contribution in [2.45, 2.75) is 32.6 Å². The fraction of sp³-hybridized carbons (Fsp3) is 0.667. The molecule has 1 aliphatic rings. The molecule has 0 atom stereocenters. The van der Waals surface area contributed by atoms with Crippen LogP contribution in [0.1, 0.15) is 32.6 Å². The van der Waals surface area contributed by atoms with E-state index in [0.717, 1.165) is 37.2 Å². The van der Waals surface area contributed by atoms with E-state index in [1.807, 2.05) is 13.0 Å². The van der Waals surface area contributed by atoms with Crippen LogP contribution in [0.15, 0.2) is 17.0 Å². The summed E-state index contributed by atoms with van der Waals surface area (Å²) in [5.74, 6) is 0.947. The molecule has 0 aromatic heterocycles. The number of rotatable bonds is 2. The second-order valence-electron chi connectivity index (χ2n) is 2.84. The Balaban J connectivity index is 2.62. The van der Waals surface area contributed by atoms with E-state index in [4.69, 9.17) is 9.94 Å². The molecule has 0 fully saturated rings. The topological polar surface area (TPSA) is 41.8 Å². The summed E-state index contributed by atoms with van der Waals surface area (Å²) in [6, 6.07) is 0. The number of oxime groups is 1. The Labute approximate surface area is 72.7 Å². The fourth-order valence-electron chi connectivity index (χ4n) is 1.31.